The maximum atomic E-state index is 12.6. The molecule has 3 rings (SSSR count). The van der Waals surface area contributed by atoms with Crippen LogP contribution in [0.2, 0.25) is 0 Å². The van der Waals surface area contributed by atoms with Crippen molar-refractivity contribution in [2.75, 3.05) is 17.7 Å². The zero-order valence-corrected chi connectivity index (χ0v) is 17.1. The van der Waals surface area contributed by atoms with Crippen molar-refractivity contribution in [3.05, 3.63) is 60.3 Å². The monoisotopic (exact) mass is 396 g/mol. The highest BCUT2D eigenvalue weighted by Gasteiger charge is 2.15. The van der Waals surface area contributed by atoms with Crippen LogP contribution < -0.4 is 10.1 Å². The summed E-state index contributed by atoms with van der Waals surface area (Å²) in [7, 11) is 0. The number of carbonyl (C=O) groups is 1. The first-order chi connectivity index (χ1) is 13.6. The van der Waals surface area contributed by atoms with Crippen molar-refractivity contribution < 1.29 is 14.1 Å². The van der Waals surface area contributed by atoms with Crippen LogP contribution in [0.15, 0.2) is 64.0 Å². The predicted molar refractivity (Wildman–Crippen MR) is 113 cm³/mol. The van der Waals surface area contributed by atoms with Gasteiger partial charge in [0.2, 0.25) is 0 Å². The number of ether oxygens (including phenoxy) is 1. The minimum absolute atomic E-state index is 0.242. The average Bonchev–Trinajstić information content (AvgIpc) is 3.19. The van der Waals surface area contributed by atoms with Crippen LogP contribution in [-0.2, 0) is 0 Å². The minimum Gasteiger partial charge on any atom is -0.493 e. The van der Waals surface area contributed by atoms with Gasteiger partial charge in [0, 0.05) is 16.5 Å². The van der Waals surface area contributed by atoms with Gasteiger partial charge in [0.25, 0.3) is 5.91 Å². The molecule has 0 atom stereocenters. The van der Waals surface area contributed by atoms with Gasteiger partial charge in [-0.05, 0) is 48.1 Å². The summed E-state index contributed by atoms with van der Waals surface area (Å²) in [5.74, 6) is 2.45. The van der Waals surface area contributed by atoms with Crippen LogP contribution in [0.3, 0.4) is 0 Å². The van der Waals surface area contributed by atoms with Crippen LogP contribution in [0.4, 0.5) is 5.69 Å². The fourth-order valence-corrected chi connectivity index (χ4v) is 3.29. The molecule has 1 N–H and O–H groups in total. The lowest BCUT2D eigenvalue weighted by Gasteiger charge is -2.08. The summed E-state index contributed by atoms with van der Waals surface area (Å²) in [4.78, 5) is 13.6. The SMILES string of the molecule is CCSc1ccccc1NC(=O)c1cc(-c2ccc(OCC(C)C)cc2)on1. The zero-order valence-electron chi connectivity index (χ0n) is 16.3. The number of hydrogen-bond acceptors (Lipinski definition) is 5. The molecule has 0 radical (unpaired) electrons. The summed E-state index contributed by atoms with van der Waals surface area (Å²) in [6.07, 6.45) is 0. The molecule has 0 spiro atoms. The molecule has 0 aliphatic heterocycles. The van der Waals surface area contributed by atoms with Gasteiger partial charge in [-0.25, -0.2) is 0 Å². The van der Waals surface area contributed by atoms with Gasteiger partial charge in [0.05, 0.1) is 12.3 Å². The van der Waals surface area contributed by atoms with E-state index in [-0.39, 0.29) is 11.6 Å². The number of carbonyl (C=O) groups excluding carboxylic acids is 1. The molecule has 1 amide bonds. The van der Waals surface area contributed by atoms with Gasteiger partial charge in [-0.1, -0.05) is 38.1 Å². The molecule has 28 heavy (non-hydrogen) atoms. The van der Waals surface area contributed by atoms with Crippen molar-refractivity contribution in [1.82, 2.24) is 5.16 Å². The highest BCUT2D eigenvalue weighted by molar-refractivity contribution is 7.99. The molecule has 146 valence electrons. The number of amides is 1. The molecule has 3 aromatic rings. The van der Waals surface area contributed by atoms with E-state index in [4.69, 9.17) is 9.26 Å². The third kappa shape index (κ3) is 5.16. The lowest BCUT2D eigenvalue weighted by atomic mass is 10.1. The van der Waals surface area contributed by atoms with Gasteiger partial charge in [0.1, 0.15) is 5.75 Å². The van der Waals surface area contributed by atoms with E-state index >= 15 is 0 Å². The Morgan fingerprint density at radius 2 is 1.93 bits per heavy atom. The Balaban J connectivity index is 1.69. The van der Waals surface area contributed by atoms with Gasteiger partial charge in [-0.15, -0.1) is 11.8 Å². The summed E-state index contributed by atoms with van der Waals surface area (Å²) in [6.45, 7) is 6.96. The number of nitrogens with zero attached hydrogens (tertiary/aromatic N) is 1. The molecule has 0 saturated heterocycles. The lowest BCUT2D eigenvalue weighted by Crippen LogP contribution is -2.12. The van der Waals surface area contributed by atoms with E-state index in [0.29, 0.717) is 18.3 Å². The normalized spacial score (nSPS) is 10.9. The van der Waals surface area contributed by atoms with E-state index in [2.05, 4.69) is 31.2 Å². The minimum atomic E-state index is -0.295. The first kappa shape index (κ1) is 20.0. The number of nitrogens with one attached hydrogen (secondary N) is 1. The fourth-order valence-electron chi connectivity index (χ4n) is 2.53. The van der Waals surface area contributed by atoms with E-state index in [1.54, 1.807) is 17.8 Å². The Labute approximate surface area is 169 Å². The zero-order chi connectivity index (χ0) is 19.9. The van der Waals surface area contributed by atoms with E-state index in [1.165, 1.54) is 0 Å². The maximum Gasteiger partial charge on any atom is 0.277 e. The predicted octanol–water partition coefficient (Wildman–Crippen LogP) is 5.74. The van der Waals surface area contributed by atoms with Crippen LogP contribution in [0.1, 0.15) is 31.3 Å². The topological polar surface area (TPSA) is 64.4 Å². The molecule has 0 saturated carbocycles. The summed E-state index contributed by atoms with van der Waals surface area (Å²) in [5.41, 5.74) is 1.85. The molecule has 5 nitrogen and oxygen atoms in total. The summed E-state index contributed by atoms with van der Waals surface area (Å²) >= 11 is 1.68. The summed E-state index contributed by atoms with van der Waals surface area (Å²) in [5, 5.41) is 6.83. The molecule has 1 aromatic heterocycles. The molecule has 0 aliphatic carbocycles. The molecule has 2 aromatic carbocycles. The maximum absolute atomic E-state index is 12.6. The van der Waals surface area contributed by atoms with E-state index in [0.717, 1.165) is 27.6 Å². The highest BCUT2D eigenvalue weighted by atomic mass is 32.2. The number of benzene rings is 2. The smallest absolute Gasteiger partial charge is 0.277 e. The van der Waals surface area contributed by atoms with Crippen molar-refractivity contribution in [3.8, 4) is 17.1 Å². The van der Waals surface area contributed by atoms with E-state index in [1.807, 2.05) is 48.5 Å². The van der Waals surface area contributed by atoms with Crippen LogP contribution in [0.5, 0.6) is 5.75 Å². The molecule has 0 unspecified atom stereocenters. The molecule has 6 heteroatoms. The Bertz CT molecular complexity index is 920. The first-order valence-corrected chi connectivity index (χ1v) is 10.3. The number of aromatic nitrogens is 1. The summed E-state index contributed by atoms with van der Waals surface area (Å²) in [6, 6.07) is 16.9. The Morgan fingerprint density at radius 3 is 2.64 bits per heavy atom. The highest BCUT2D eigenvalue weighted by Crippen LogP contribution is 2.28. The standard InChI is InChI=1S/C22H24N2O3S/c1-4-28-21-8-6-5-7-18(21)23-22(25)19-13-20(27-24-19)16-9-11-17(12-10-16)26-14-15(2)3/h5-13,15H,4,14H2,1-3H3,(H,23,25). The molecule has 0 aliphatic rings. The van der Waals surface area contributed by atoms with E-state index in [9.17, 15) is 4.79 Å². The van der Waals surface area contributed by atoms with Gasteiger partial charge >= 0.3 is 0 Å². The summed E-state index contributed by atoms with van der Waals surface area (Å²) < 4.78 is 11.1. The Kier molecular flexibility index (Phi) is 6.76. The average molecular weight is 397 g/mol. The van der Waals surface area contributed by atoms with Crippen molar-refractivity contribution in [3.63, 3.8) is 0 Å². The largest absolute Gasteiger partial charge is 0.493 e. The first-order valence-electron chi connectivity index (χ1n) is 9.30. The molecule has 0 bridgehead atoms. The second kappa shape index (κ2) is 9.46. The van der Waals surface area contributed by atoms with Crippen molar-refractivity contribution in [2.45, 2.75) is 25.7 Å². The number of rotatable bonds is 8. The van der Waals surface area contributed by atoms with Crippen molar-refractivity contribution in [1.29, 1.82) is 0 Å². The van der Waals surface area contributed by atoms with Gasteiger partial charge < -0.3 is 14.6 Å². The van der Waals surface area contributed by atoms with Crippen molar-refractivity contribution in [2.24, 2.45) is 5.92 Å². The fraction of sp³-hybridized carbons (Fsp3) is 0.273. The third-order valence-electron chi connectivity index (χ3n) is 3.90. The number of anilines is 1. The van der Waals surface area contributed by atoms with Crippen LogP contribution in [0, 0.1) is 5.92 Å². The van der Waals surface area contributed by atoms with Gasteiger partial charge in [0.15, 0.2) is 11.5 Å². The van der Waals surface area contributed by atoms with E-state index < -0.39 is 0 Å². The molecular weight excluding hydrogens is 372 g/mol. The van der Waals surface area contributed by atoms with Crippen molar-refractivity contribution >= 4 is 23.4 Å². The van der Waals surface area contributed by atoms with Gasteiger partial charge in [-0.2, -0.15) is 0 Å². The Morgan fingerprint density at radius 1 is 1.18 bits per heavy atom. The third-order valence-corrected chi connectivity index (χ3v) is 4.86. The van der Waals surface area contributed by atoms with Crippen LogP contribution >= 0.6 is 11.8 Å². The number of thioether (sulfide) groups is 1. The van der Waals surface area contributed by atoms with Gasteiger partial charge in [-0.3, -0.25) is 4.79 Å². The lowest BCUT2D eigenvalue weighted by molar-refractivity contribution is 0.101. The van der Waals surface area contributed by atoms with Crippen LogP contribution in [0.25, 0.3) is 11.3 Å². The molecule has 0 fully saturated rings. The number of hydrogen-bond donors (Lipinski definition) is 1. The molecule has 1 heterocycles. The van der Waals surface area contributed by atoms with Crippen LogP contribution in [-0.4, -0.2) is 23.4 Å². The second-order valence-electron chi connectivity index (χ2n) is 6.69. The molecular formula is C22H24N2O3S. The quantitative estimate of drug-likeness (QED) is 0.492. The second-order valence-corrected chi connectivity index (χ2v) is 7.99. The number of para-hydroxylation sites is 1. The Hall–Kier alpha value is -2.73.